The number of hydrogen-bond donors (Lipinski definition) is 0. The minimum Gasteiger partial charge on any atom is -0.332 e. The molecule has 1 aromatic heterocycles. The molecule has 0 aliphatic heterocycles. The minimum absolute atomic E-state index is 0.0132. The van der Waals surface area contributed by atoms with Crippen LogP contribution in [0.2, 0.25) is 0 Å². The predicted molar refractivity (Wildman–Crippen MR) is 136 cm³/mol. The van der Waals surface area contributed by atoms with E-state index in [4.69, 9.17) is 0 Å². The highest BCUT2D eigenvalue weighted by Gasteiger charge is 2.25. The number of carbonyl (C=O) groups is 2. The smallest absolute Gasteiger partial charge is 0.242 e. The third-order valence-electron chi connectivity index (χ3n) is 6.09. The molecule has 0 aliphatic rings. The molecule has 0 aliphatic carbocycles. The second-order valence-electron chi connectivity index (χ2n) is 8.53. The fraction of sp³-hybridized carbons (Fsp3) is 0.357. The molecule has 2 aromatic carbocycles. The normalized spacial score (nSPS) is 11.7. The van der Waals surface area contributed by atoms with E-state index < -0.39 is 0 Å². The Morgan fingerprint density at radius 2 is 1.52 bits per heavy atom. The van der Waals surface area contributed by atoms with E-state index in [0.717, 1.165) is 17.5 Å². The zero-order chi connectivity index (χ0) is 23.6. The van der Waals surface area contributed by atoms with Gasteiger partial charge in [0.2, 0.25) is 11.8 Å². The zero-order valence-electron chi connectivity index (χ0n) is 19.9. The summed E-state index contributed by atoms with van der Waals surface area (Å²) in [6.07, 6.45) is 1.90. The topological polar surface area (TPSA) is 40.6 Å². The third kappa shape index (κ3) is 7.29. The minimum atomic E-state index is -0.0139. The van der Waals surface area contributed by atoms with Crippen LogP contribution in [-0.4, -0.2) is 34.2 Å². The quantitative estimate of drug-likeness (QED) is 0.359. The summed E-state index contributed by atoms with van der Waals surface area (Å²) >= 11 is 1.67. The highest BCUT2D eigenvalue weighted by molar-refractivity contribution is 7.10. The van der Waals surface area contributed by atoms with Gasteiger partial charge in [0, 0.05) is 23.9 Å². The number of aryl methyl sites for hydroxylation is 2. The van der Waals surface area contributed by atoms with Gasteiger partial charge in [0.15, 0.2) is 0 Å². The number of hydrogen-bond acceptors (Lipinski definition) is 3. The van der Waals surface area contributed by atoms with Gasteiger partial charge in [-0.25, -0.2) is 0 Å². The van der Waals surface area contributed by atoms with E-state index in [0.29, 0.717) is 25.9 Å². The molecule has 2 amide bonds. The SMILES string of the molecule is CCC(C)N(CC(=O)N(Cc1ccccc1)Cc1sccc1C)C(=O)CCc1ccccc1. The fourth-order valence-electron chi connectivity index (χ4n) is 3.77. The van der Waals surface area contributed by atoms with E-state index in [1.54, 1.807) is 16.2 Å². The molecule has 174 valence electrons. The van der Waals surface area contributed by atoms with Crippen molar-refractivity contribution in [3.8, 4) is 0 Å². The van der Waals surface area contributed by atoms with Gasteiger partial charge in [-0.05, 0) is 54.8 Å². The Labute approximate surface area is 201 Å². The molecule has 0 spiro atoms. The van der Waals surface area contributed by atoms with Crippen molar-refractivity contribution in [2.75, 3.05) is 6.54 Å². The summed E-state index contributed by atoms with van der Waals surface area (Å²) in [4.78, 5) is 31.5. The number of benzene rings is 2. The highest BCUT2D eigenvalue weighted by atomic mass is 32.1. The van der Waals surface area contributed by atoms with Crippen LogP contribution in [0.1, 0.15) is 48.3 Å². The van der Waals surface area contributed by atoms with Gasteiger partial charge < -0.3 is 9.80 Å². The Morgan fingerprint density at radius 3 is 2.09 bits per heavy atom. The lowest BCUT2D eigenvalue weighted by molar-refractivity contribution is -0.143. The lowest BCUT2D eigenvalue weighted by atomic mass is 10.1. The van der Waals surface area contributed by atoms with Crippen LogP contribution in [0, 0.1) is 6.92 Å². The Balaban J connectivity index is 1.73. The molecule has 0 fully saturated rings. The molecular formula is C28H34N2O2S. The molecule has 1 heterocycles. The molecule has 0 bridgehead atoms. The van der Waals surface area contributed by atoms with Crippen molar-refractivity contribution in [3.63, 3.8) is 0 Å². The molecule has 0 saturated carbocycles. The van der Waals surface area contributed by atoms with Crippen LogP contribution >= 0.6 is 11.3 Å². The van der Waals surface area contributed by atoms with Crippen molar-refractivity contribution < 1.29 is 9.59 Å². The van der Waals surface area contributed by atoms with Crippen LogP contribution < -0.4 is 0 Å². The van der Waals surface area contributed by atoms with Gasteiger partial charge in [0.1, 0.15) is 6.54 Å². The van der Waals surface area contributed by atoms with E-state index >= 15 is 0 Å². The number of carbonyl (C=O) groups excluding carboxylic acids is 2. The average molecular weight is 463 g/mol. The number of thiophene rings is 1. The Bertz CT molecular complexity index is 1020. The third-order valence-corrected chi connectivity index (χ3v) is 7.10. The molecule has 0 saturated heterocycles. The van der Waals surface area contributed by atoms with Gasteiger partial charge in [0.25, 0.3) is 0 Å². The zero-order valence-corrected chi connectivity index (χ0v) is 20.7. The van der Waals surface area contributed by atoms with E-state index in [1.165, 1.54) is 10.4 Å². The van der Waals surface area contributed by atoms with Crippen LogP contribution in [0.3, 0.4) is 0 Å². The lowest BCUT2D eigenvalue weighted by Gasteiger charge is -2.31. The van der Waals surface area contributed by atoms with Crippen molar-refractivity contribution in [2.45, 2.75) is 59.2 Å². The number of nitrogens with zero attached hydrogens (tertiary/aromatic N) is 2. The van der Waals surface area contributed by atoms with Crippen molar-refractivity contribution in [1.29, 1.82) is 0 Å². The summed E-state index contributed by atoms with van der Waals surface area (Å²) in [5, 5.41) is 2.06. The Kier molecular flexibility index (Phi) is 9.25. The summed E-state index contributed by atoms with van der Waals surface area (Å²) in [6, 6.07) is 22.2. The molecule has 5 heteroatoms. The molecule has 3 aromatic rings. The first kappa shape index (κ1) is 24.7. The van der Waals surface area contributed by atoms with Crippen LogP contribution in [0.25, 0.3) is 0 Å². The summed E-state index contributed by atoms with van der Waals surface area (Å²) in [7, 11) is 0. The average Bonchev–Trinajstić information content (AvgIpc) is 3.25. The summed E-state index contributed by atoms with van der Waals surface area (Å²) in [5.41, 5.74) is 3.43. The molecule has 0 radical (unpaired) electrons. The maximum atomic E-state index is 13.5. The fourth-order valence-corrected chi connectivity index (χ4v) is 4.69. The maximum Gasteiger partial charge on any atom is 0.242 e. The first-order chi connectivity index (χ1) is 16.0. The van der Waals surface area contributed by atoms with Gasteiger partial charge in [-0.3, -0.25) is 9.59 Å². The molecular weight excluding hydrogens is 428 g/mol. The maximum absolute atomic E-state index is 13.5. The van der Waals surface area contributed by atoms with Gasteiger partial charge in [-0.2, -0.15) is 0 Å². The summed E-state index contributed by atoms with van der Waals surface area (Å²) in [5.74, 6) is 0.0218. The van der Waals surface area contributed by atoms with Gasteiger partial charge in [0.05, 0.1) is 6.54 Å². The molecule has 3 rings (SSSR count). The van der Waals surface area contributed by atoms with E-state index in [2.05, 4.69) is 25.3 Å². The van der Waals surface area contributed by atoms with Crippen LogP contribution in [0.5, 0.6) is 0 Å². The molecule has 33 heavy (non-hydrogen) atoms. The molecule has 4 nitrogen and oxygen atoms in total. The Hall–Kier alpha value is -2.92. The van der Waals surface area contributed by atoms with Crippen molar-refractivity contribution in [2.24, 2.45) is 0 Å². The van der Waals surface area contributed by atoms with Crippen molar-refractivity contribution in [1.82, 2.24) is 9.80 Å². The largest absolute Gasteiger partial charge is 0.332 e. The second-order valence-corrected chi connectivity index (χ2v) is 9.53. The van der Waals surface area contributed by atoms with E-state index in [9.17, 15) is 9.59 Å². The van der Waals surface area contributed by atoms with Crippen LogP contribution in [-0.2, 0) is 29.1 Å². The van der Waals surface area contributed by atoms with Crippen LogP contribution in [0.15, 0.2) is 72.1 Å². The van der Waals surface area contributed by atoms with Crippen LogP contribution in [0.4, 0.5) is 0 Å². The second kappa shape index (κ2) is 12.4. The summed E-state index contributed by atoms with van der Waals surface area (Å²) in [6.45, 7) is 7.37. The first-order valence-electron chi connectivity index (χ1n) is 11.7. The highest BCUT2D eigenvalue weighted by Crippen LogP contribution is 2.20. The summed E-state index contributed by atoms with van der Waals surface area (Å²) < 4.78 is 0. The van der Waals surface area contributed by atoms with Crippen molar-refractivity contribution in [3.05, 3.63) is 93.7 Å². The monoisotopic (exact) mass is 462 g/mol. The first-order valence-corrected chi connectivity index (χ1v) is 12.5. The molecule has 1 unspecified atom stereocenters. The number of rotatable bonds is 11. The van der Waals surface area contributed by atoms with Crippen molar-refractivity contribution >= 4 is 23.2 Å². The van der Waals surface area contributed by atoms with Gasteiger partial charge in [-0.15, -0.1) is 11.3 Å². The predicted octanol–water partition coefficient (Wildman–Crippen LogP) is 5.85. The van der Waals surface area contributed by atoms with Gasteiger partial charge in [-0.1, -0.05) is 67.6 Å². The van der Waals surface area contributed by atoms with E-state index in [-0.39, 0.29) is 24.4 Å². The number of amides is 2. The van der Waals surface area contributed by atoms with E-state index in [1.807, 2.05) is 72.5 Å². The Morgan fingerprint density at radius 1 is 0.879 bits per heavy atom. The molecule has 1 atom stereocenters. The van der Waals surface area contributed by atoms with Gasteiger partial charge >= 0.3 is 0 Å². The molecule has 0 N–H and O–H groups in total. The standard InChI is InChI=1S/C28H34N2O2S/c1-4-23(3)30(27(31)16-15-24-11-7-5-8-12-24)21-28(32)29(19-25-13-9-6-10-14-25)20-26-22(2)17-18-33-26/h5-14,17-18,23H,4,15-16,19-21H2,1-3H3. The lowest BCUT2D eigenvalue weighted by Crippen LogP contribution is -2.46.